The second-order valence-corrected chi connectivity index (χ2v) is 11.3. The Morgan fingerprint density at radius 3 is 2.53 bits per heavy atom. The van der Waals surface area contributed by atoms with E-state index in [9.17, 15) is 4.79 Å². The van der Waals surface area contributed by atoms with Crippen LogP contribution in [0.5, 0.6) is 0 Å². The van der Waals surface area contributed by atoms with Gasteiger partial charge < -0.3 is 4.90 Å². The van der Waals surface area contributed by atoms with E-state index in [1.807, 2.05) is 0 Å². The highest BCUT2D eigenvalue weighted by Crippen LogP contribution is 2.32. The predicted molar refractivity (Wildman–Crippen MR) is 146 cm³/mol. The zero-order valence-corrected chi connectivity index (χ0v) is 22.4. The summed E-state index contributed by atoms with van der Waals surface area (Å²) in [7, 11) is 2.20. The Bertz CT molecular complexity index is 1160. The lowest BCUT2D eigenvalue weighted by Gasteiger charge is -2.21. The minimum Gasteiger partial charge on any atom is -0.306 e. The third-order valence-corrected chi connectivity index (χ3v) is 8.40. The SMILES string of the molecule is CCN(C)C[C@H](C)Cc1cc(C)c(Cc2csc(-c3ccc4c(c3)C(=O)CCCC4)c2)cc1C. The minimum atomic E-state index is 0.313. The van der Waals surface area contributed by atoms with Crippen molar-refractivity contribution in [2.45, 2.75) is 66.2 Å². The second kappa shape index (κ2) is 11.0. The van der Waals surface area contributed by atoms with Crippen LogP contribution in [0.15, 0.2) is 41.8 Å². The summed E-state index contributed by atoms with van der Waals surface area (Å²) in [6.45, 7) is 11.3. The Hall–Kier alpha value is -2.23. The van der Waals surface area contributed by atoms with Gasteiger partial charge in [0, 0.05) is 23.4 Å². The number of fused-ring (bicyclic) bond motifs is 1. The van der Waals surface area contributed by atoms with Crippen LogP contribution in [0.3, 0.4) is 0 Å². The van der Waals surface area contributed by atoms with Gasteiger partial charge in [0.25, 0.3) is 0 Å². The van der Waals surface area contributed by atoms with Crippen molar-refractivity contribution in [1.82, 2.24) is 4.90 Å². The highest BCUT2D eigenvalue weighted by molar-refractivity contribution is 7.13. The van der Waals surface area contributed by atoms with Gasteiger partial charge in [0.2, 0.25) is 0 Å². The van der Waals surface area contributed by atoms with Crippen molar-refractivity contribution in [2.75, 3.05) is 20.1 Å². The van der Waals surface area contributed by atoms with E-state index in [-0.39, 0.29) is 0 Å². The number of aryl methyl sites for hydroxylation is 3. The number of Topliss-reactive ketones (excluding diaryl/α,β-unsaturated/α-hetero) is 1. The Morgan fingerprint density at radius 2 is 1.74 bits per heavy atom. The van der Waals surface area contributed by atoms with Gasteiger partial charge in [0.1, 0.15) is 0 Å². The summed E-state index contributed by atoms with van der Waals surface area (Å²) in [6, 6.07) is 13.7. The Kier molecular flexibility index (Phi) is 8.06. The summed E-state index contributed by atoms with van der Waals surface area (Å²) in [5.41, 5.74) is 10.4. The highest BCUT2D eigenvalue weighted by Gasteiger charge is 2.17. The zero-order chi connectivity index (χ0) is 24.2. The predicted octanol–water partition coefficient (Wildman–Crippen LogP) is 7.66. The molecular formula is C31H39NOS. The van der Waals surface area contributed by atoms with Gasteiger partial charge in [-0.05, 0) is 122 Å². The summed E-state index contributed by atoms with van der Waals surface area (Å²) in [5, 5.41) is 2.29. The third-order valence-electron chi connectivity index (χ3n) is 7.37. The molecule has 0 saturated carbocycles. The molecule has 2 aromatic carbocycles. The number of hydrogen-bond donors (Lipinski definition) is 0. The minimum absolute atomic E-state index is 0.313. The van der Waals surface area contributed by atoms with Crippen LogP contribution in [0.2, 0.25) is 0 Å². The molecule has 0 spiro atoms. The Morgan fingerprint density at radius 1 is 1.00 bits per heavy atom. The average molecular weight is 474 g/mol. The van der Waals surface area contributed by atoms with Crippen LogP contribution in [0.1, 0.15) is 76.8 Å². The molecule has 1 heterocycles. The summed E-state index contributed by atoms with van der Waals surface area (Å²) in [4.78, 5) is 16.2. The van der Waals surface area contributed by atoms with Gasteiger partial charge in [-0.2, -0.15) is 0 Å². The van der Waals surface area contributed by atoms with Crippen molar-refractivity contribution in [3.8, 4) is 10.4 Å². The normalized spacial score (nSPS) is 14.8. The lowest BCUT2D eigenvalue weighted by atomic mass is 9.91. The quantitative estimate of drug-likeness (QED) is 0.313. The molecular weight excluding hydrogens is 434 g/mol. The van der Waals surface area contributed by atoms with Crippen LogP contribution in [0.25, 0.3) is 10.4 Å². The number of thiophene rings is 1. The molecule has 0 N–H and O–H groups in total. The Balaban J connectivity index is 1.49. The first-order chi connectivity index (χ1) is 16.3. The number of carbonyl (C=O) groups is 1. The van der Waals surface area contributed by atoms with Crippen LogP contribution in [0.4, 0.5) is 0 Å². The number of hydrogen-bond acceptors (Lipinski definition) is 3. The lowest BCUT2D eigenvalue weighted by Crippen LogP contribution is -2.25. The number of ketones is 1. The maximum Gasteiger partial charge on any atom is 0.163 e. The molecule has 0 aliphatic heterocycles. The van der Waals surface area contributed by atoms with E-state index in [4.69, 9.17) is 0 Å². The molecule has 0 radical (unpaired) electrons. The molecule has 0 fully saturated rings. The van der Waals surface area contributed by atoms with Crippen molar-refractivity contribution in [2.24, 2.45) is 5.92 Å². The molecule has 2 nitrogen and oxygen atoms in total. The fourth-order valence-electron chi connectivity index (χ4n) is 5.23. The molecule has 1 aliphatic rings. The topological polar surface area (TPSA) is 20.3 Å². The van der Waals surface area contributed by atoms with Crippen molar-refractivity contribution in [3.63, 3.8) is 0 Å². The number of nitrogens with zero attached hydrogens (tertiary/aromatic N) is 1. The van der Waals surface area contributed by atoms with E-state index in [0.717, 1.165) is 50.8 Å². The van der Waals surface area contributed by atoms with E-state index in [1.165, 1.54) is 43.8 Å². The molecule has 3 heteroatoms. The third kappa shape index (κ3) is 5.87. The first-order valence-electron chi connectivity index (χ1n) is 12.9. The lowest BCUT2D eigenvalue weighted by molar-refractivity contribution is 0.0982. The maximum atomic E-state index is 12.6. The van der Waals surface area contributed by atoms with E-state index in [2.05, 4.69) is 81.4 Å². The van der Waals surface area contributed by atoms with Crippen LogP contribution >= 0.6 is 11.3 Å². The standard InChI is InChI=1S/C31H39NOS/c1-6-32(5)19-21(2)13-27-14-23(4)28(15-22(27)3)16-24-17-31(34-20-24)26-12-11-25-9-7-8-10-30(33)29(25)18-26/h11-12,14-15,17-18,20-21H,6-10,13,16,19H2,1-5H3/t21-/m1/s1. The molecule has 0 amide bonds. The zero-order valence-electron chi connectivity index (χ0n) is 21.5. The maximum absolute atomic E-state index is 12.6. The summed E-state index contributed by atoms with van der Waals surface area (Å²) in [5.74, 6) is 0.967. The van der Waals surface area contributed by atoms with Crippen LogP contribution in [-0.4, -0.2) is 30.8 Å². The smallest absolute Gasteiger partial charge is 0.163 e. The molecule has 1 aliphatic carbocycles. The molecule has 1 aromatic heterocycles. The van der Waals surface area contributed by atoms with Gasteiger partial charge in [-0.15, -0.1) is 11.3 Å². The average Bonchev–Trinajstić information content (AvgIpc) is 3.20. The second-order valence-electron chi connectivity index (χ2n) is 10.4. The van der Waals surface area contributed by atoms with E-state index in [1.54, 1.807) is 11.3 Å². The first kappa shape index (κ1) is 24.9. The van der Waals surface area contributed by atoms with Crippen LogP contribution < -0.4 is 0 Å². The number of carbonyl (C=O) groups excluding carboxylic acids is 1. The summed E-state index contributed by atoms with van der Waals surface area (Å²) >= 11 is 1.79. The van der Waals surface area contributed by atoms with Gasteiger partial charge in [-0.1, -0.05) is 38.1 Å². The van der Waals surface area contributed by atoms with Crippen molar-refractivity contribution < 1.29 is 4.79 Å². The molecule has 0 bridgehead atoms. The van der Waals surface area contributed by atoms with Crippen LogP contribution in [0, 0.1) is 19.8 Å². The molecule has 0 unspecified atom stereocenters. The fourth-order valence-corrected chi connectivity index (χ4v) is 6.14. The van der Waals surface area contributed by atoms with Gasteiger partial charge in [-0.3, -0.25) is 4.79 Å². The molecule has 3 aromatic rings. The van der Waals surface area contributed by atoms with Crippen molar-refractivity contribution in [3.05, 3.63) is 80.7 Å². The molecule has 4 rings (SSSR count). The number of benzene rings is 2. The summed E-state index contributed by atoms with van der Waals surface area (Å²) in [6.07, 6.45) is 5.94. The van der Waals surface area contributed by atoms with Gasteiger partial charge in [0.15, 0.2) is 5.78 Å². The van der Waals surface area contributed by atoms with Gasteiger partial charge in [-0.25, -0.2) is 0 Å². The van der Waals surface area contributed by atoms with Crippen molar-refractivity contribution in [1.29, 1.82) is 0 Å². The monoisotopic (exact) mass is 473 g/mol. The van der Waals surface area contributed by atoms with Gasteiger partial charge >= 0.3 is 0 Å². The van der Waals surface area contributed by atoms with Crippen LogP contribution in [-0.2, 0) is 19.3 Å². The summed E-state index contributed by atoms with van der Waals surface area (Å²) < 4.78 is 0. The highest BCUT2D eigenvalue weighted by atomic mass is 32.1. The van der Waals surface area contributed by atoms with E-state index in [0.29, 0.717) is 18.1 Å². The van der Waals surface area contributed by atoms with Crippen molar-refractivity contribution >= 4 is 17.1 Å². The first-order valence-corrected chi connectivity index (χ1v) is 13.7. The largest absolute Gasteiger partial charge is 0.306 e. The van der Waals surface area contributed by atoms with E-state index < -0.39 is 0 Å². The molecule has 1 atom stereocenters. The molecule has 0 saturated heterocycles. The molecule has 180 valence electrons. The van der Waals surface area contributed by atoms with Gasteiger partial charge in [0.05, 0.1) is 0 Å². The molecule has 34 heavy (non-hydrogen) atoms. The fraction of sp³-hybridized carbons (Fsp3) is 0.452. The Labute approximate surface area is 210 Å². The van der Waals surface area contributed by atoms with E-state index >= 15 is 0 Å². The number of rotatable bonds is 8.